The Hall–Kier alpha value is -2.82. The molecule has 1 aromatic rings. The van der Waals surface area contributed by atoms with Crippen LogP contribution >= 0.6 is 0 Å². The number of hydrogen-bond donors (Lipinski definition) is 2. The van der Waals surface area contributed by atoms with Crippen molar-refractivity contribution in [2.75, 3.05) is 33.7 Å². The highest BCUT2D eigenvalue weighted by Gasteiger charge is 2.54. The van der Waals surface area contributed by atoms with Crippen molar-refractivity contribution in [3.05, 3.63) is 35.9 Å². The molecule has 3 aliphatic rings. The van der Waals surface area contributed by atoms with Crippen LogP contribution in [-0.2, 0) is 15.1 Å². The van der Waals surface area contributed by atoms with Crippen molar-refractivity contribution in [2.24, 2.45) is 5.92 Å². The van der Waals surface area contributed by atoms with E-state index in [0.717, 1.165) is 32.2 Å². The zero-order chi connectivity index (χ0) is 27.4. The number of carboxylic acids is 2. The van der Waals surface area contributed by atoms with Gasteiger partial charge in [0.05, 0.1) is 12.0 Å². The average molecular weight is 528 g/mol. The lowest BCUT2D eigenvalue weighted by Gasteiger charge is -2.51. The monoisotopic (exact) mass is 527 g/mol. The molecule has 2 amide bonds. The minimum absolute atomic E-state index is 0.00776. The van der Waals surface area contributed by atoms with Crippen molar-refractivity contribution in [3.8, 4) is 0 Å². The Morgan fingerprint density at radius 3 is 2.05 bits per heavy atom. The van der Waals surface area contributed by atoms with Crippen LogP contribution in [0.25, 0.3) is 0 Å². The first-order chi connectivity index (χ1) is 17.3. The van der Waals surface area contributed by atoms with Gasteiger partial charge in [-0.05, 0) is 64.1 Å². The molecule has 3 fully saturated rings. The number of carboxylic acid groups (broad SMARTS) is 2. The van der Waals surface area contributed by atoms with E-state index < -0.39 is 18.1 Å². The molecule has 1 saturated heterocycles. The molecule has 1 heterocycles. The second-order valence-corrected chi connectivity index (χ2v) is 10.6. The number of carbonyl (C=O) groups is 3. The second kappa shape index (κ2) is 11.3. The smallest absolute Gasteiger partial charge is 0.481 e. The van der Waals surface area contributed by atoms with Crippen LogP contribution < -0.4 is 0 Å². The molecule has 2 aliphatic carbocycles. The molecule has 206 valence electrons. The van der Waals surface area contributed by atoms with Gasteiger partial charge in [0.2, 0.25) is 0 Å². The molecule has 0 radical (unpaired) electrons. The molecule has 0 bridgehead atoms. The van der Waals surface area contributed by atoms with Crippen molar-refractivity contribution in [3.63, 3.8) is 0 Å². The zero-order valence-corrected chi connectivity index (χ0v) is 21.3. The van der Waals surface area contributed by atoms with Gasteiger partial charge in [-0.1, -0.05) is 36.8 Å². The Bertz CT molecular complexity index is 958. The molecule has 2 saturated carbocycles. The number of carbonyl (C=O) groups excluding carboxylic acids is 1. The van der Waals surface area contributed by atoms with E-state index in [1.165, 1.54) is 24.8 Å². The Morgan fingerprint density at radius 2 is 1.62 bits per heavy atom. The fourth-order valence-corrected chi connectivity index (χ4v) is 5.79. The van der Waals surface area contributed by atoms with Gasteiger partial charge < -0.3 is 20.0 Å². The predicted molar refractivity (Wildman–Crippen MR) is 130 cm³/mol. The van der Waals surface area contributed by atoms with E-state index >= 15 is 0 Å². The molecule has 0 atom stereocenters. The Labute approximate surface area is 215 Å². The Balaban J connectivity index is 0.000000479. The molecule has 37 heavy (non-hydrogen) atoms. The number of hydrogen-bond acceptors (Lipinski definition) is 4. The van der Waals surface area contributed by atoms with Gasteiger partial charge in [0, 0.05) is 25.2 Å². The van der Waals surface area contributed by atoms with E-state index in [1.54, 1.807) is 4.90 Å². The normalized spacial score (nSPS) is 26.2. The van der Waals surface area contributed by atoms with Crippen LogP contribution in [0.15, 0.2) is 30.3 Å². The van der Waals surface area contributed by atoms with Gasteiger partial charge in [-0.25, -0.2) is 9.59 Å². The third-order valence-electron chi connectivity index (χ3n) is 8.24. The number of amides is 2. The molecule has 1 aliphatic heterocycles. The van der Waals surface area contributed by atoms with Crippen molar-refractivity contribution in [2.45, 2.75) is 68.6 Å². The van der Waals surface area contributed by atoms with Gasteiger partial charge >= 0.3 is 24.1 Å². The maximum absolute atomic E-state index is 13.3. The van der Waals surface area contributed by atoms with Crippen molar-refractivity contribution >= 4 is 18.0 Å². The minimum atomic E-state index is -5.08. The van der Waals surface area contributed by atoms with Gasteiger partial charge in [-0.3, -0.25) is 9.69 Å². The summed E-state index contributed by atoms with van der Waals surface area (Å²) in [5.41, 5.74) is 1.19. The van der Waals surface area contributed by atoms with Crippen molar-refractivity contribution < 1.29 is 37.8 Å². The first-order valence-corrected chi connectivity index (χ1v) is 12.6. The summed E-state index contributed by atoms with van der Waals surface area (Å²) < 4.78 is 31.7. The highest BCUT2D eigenvalue weighted by molar-refractivity contribution is 5.79. The van der Waals surface area contributed by atoms with Crippen LogP contribution in [0.4, 0.5) is 18.0 Å². The average Bonchev–Trinajstić information content (AvgIpc) is 3.06. The molecule has 2 N–H and O–H groups in total. The lowest BCUT2D eigenvalue weighted by molar-refractivity contribution is -0.192. The van der Waals surface area contributed by atoms with Gasteiger partial charge in [-0.2, -0.15) is 13.2 Å². The largest absolute Gasteiger partial charge is 0.490 e. The summed E-state index contributed by atoms with van der Waals surface area (Å²) in [5.74, 6) is -2.99. The van der Waals surface area contributed by atoms with Crippen LogP contribution in [0.3, 0.4) is 0 Å². The predicted octanol–water partition coefficient (Wildman–Crippen LogP) is 4.40. The molecule has 0 aromatic heterocycles. The standard InChI is InChI=1S/C24H35N3O3.C2HF3O2/c1-25(2)24(20-9-4-3-5-10-20)14-12-23(13-15-24)18-26(16-11-21(28)29)22(30)27(23)17-19-7-6-8-19;3-2(4,5)1(6)7/h3-5,9-10,19H,6-8,11-18H2,1-2H3,(H,28,29);(H,6,7)/t23-,24-;. The van der Waals surface area contributed by atoms with E-state index in [2.05, 4.69) is 54.2 Å². The molecule has 8 nitrogen and oxygen atoms in total. The molecule has 1 aromatic carbocycles. The SMILES string of the molecule is CN(C)[C@]1(c2ccccc2)CC[C@@]2(CC1)CN(CCC(=O)O)C(=O)N2CC1CCC1.O=C(O)C(F)(F)F. The minimum Gasteiger partial charge on any atom is -0.481 e. The highest BCUT2D eigenvalue weighted by atomic mass is 19.4. The van der Waals surface area contributed by atoms with E-state index in [-0.39, 0.29) is 23.5 Å². The number of halogens is 3. The topological polar surface area (TPSA) is 101 Å². The van der Waals surface area contributed by atoms with E-state index in [0.29, 0.717) is 19.0 Å². The summed E-state index contributed by atoms with van der Waals surface area (Å²) in [7, 11) is 4.33. The highest BCUT2D eigenvalue weighted by Crippen LogP contribution is 2.49. The Morgan fingerprint density at radius 1 is 1.05 bits per heavy atom. The summed E-state index contributed by atoms with van der Waals surface area (Å²) in [6.45, 7) is 1.82. The van der Waals surface area contributed by atoms with Crippen LogP contribution in [-0.4, -0.2) is 88.3 Å². The summed E-state index contributed by atoms with van der Waals surface area (Å²) >= 11 is 0. The molecule has 11 heteroatoms. The number of alkyl halides is 3. The van der Waals surface area contributed by atoms with Crippen molar-refractivity contribution in [1.29, 1.82) is 0 Å². The fraction of sp³-hybridized carbons (Fsp3) is 0.654. The van der Waals surface area contributed by atoms with Gasteiger partial charge in [-0.15, -0.1) is 0 Å². The molecule has 0 unspecified atom stereocenters. The zero-order valence-electron chi connectivity index (χ0n) is 21.3. The molecular formula is C26H36F3N3O5. The van der Waals surface area contributed by atoms with Gasteiger partial charge in [0.15, 0.2) is 0 Å². The van der Waals surface area contributed by atoms with Crippen LogP contribution in [0.5, 0.6) is 0 Å². The van der Waals surface area contributed by atoms with Crippen LogP contribution in [0.1, 0.15) is 56.9 Å². The van der Waals surface area contributed by atoms with E-state index in [1.807, 2.05) is 0 Å². The summed E-state index contributed by atoms with van der Waals surface area (Å²) in [6, 6.07) is 10.8. The number of aliphatic carboxylic acids is 2. The maximum Gasteiger partial charge on any atom is 0.490 e. The third-order valence-corrected chi connectivity index (χ3v) is 8.24. The fourth-order valence-electron chi connectivity index (χ4n) is 5.79. The molecular weight excluding hydrogens is 491 g/mol. The third kappa shape index (κ3) is 6.37. The summed E-state index contributed by atoms with van der Waals surface area (Å²) in [5, 5.41) is 16.2. The Kier molecular flexibility index (Phi) is 8.77. The van der Waals surface area contributed by atoms with E-state index in [9.17, 15) is 22.8 Å². The molecule has 1 spiro atoms. The summed E-state index contributed by atoms with van der Waals surface area (Å²) in [6.07, 6.45) is 2.55. The lowest BCUT2D eigenvalue weighted by Crippen LogP contribution is -2.56. The summed E-state index contributed by atoms with van der Waals surface area (Å²) in [4.78, 5) is 39.6. The van der Waals surface area contributed by atoms with Crippen molar-refractivity contribution in [1.82, 2.24) is 14.7 Å². The van der Waals surface area contributed by atoms with E-state index in [4.69, 9.17) is 15.0 Å². The lowest BCUT2D eigenvalue weighted by atomic mass is 9.68. The first-order valence-electron chi connectivity index (χ1n) is 12.6. The second-order valence-electron chi connectivity index (χ2n) is 10.6. The maximum atomic E-state index is 13.3. The number of benzene rings is 1. The first kappa shape index (κ1) is 28.7. The quantitative estimate of drug-likeness (QED) is 0.545. The number of nitrogens with zero attached hydrogens (tertiary/aromatic N) is 3. The molecule has 4 rings (SSSR count). The van der Waals surface area contributed by atoms with Crippen LogP contribution in [0, 0.1) is 5.92 Å². The number of urea groups is 1. The van der Waals surface area contributed by atoms with Gasteiger partial charge in [0.1, 0.15) is 0 Å². The van der Waals surface area contributed by atoms with Gasteiger partial charge in [0.25, 0.3) is 0 Å². The number of rotatable bonds is 7. The van der Waals surface area contributed by atoms with Crippen LogP contribution in [0.2, 0.25) is 0 Å².